The van der Waals surface area contributed by atoms with Crippen molar-refractivity contribution in [2.24, 2.45) is 5.92 Å². The van der Waals surface area contributed by atoms with Crippen LogP contribution in [0.15, 0.2) is 6.07 Å². The number of rotatable bonds is 6. The van der Waals surface area contributed by atoms with Gasteiger partial charge in [-0.2, -0.15) is 0 Å². The Morgan fingerprint density at radius 1 is 1.00 bits per heavy atom. The number of carbonyl (C=O) groups is 2. The monoisotopic (exact) mass is 374 g/mol. The smallest absolute Gasteiger partial charge is 0.251 e. The van der Waals surface area contributed by atoms with Gasteiger partial charge in [-0.15, -0.1) is 0 Å². The lowest BCUT2D eigenvalue weighted by molar-refractivity contribution is 0.0856. The maximum absolute atomic E-state index is 12.8. The molecule has 2 aliphatic heterocycles. The SMILES string of the molecule is Cc1cc(C)c(C(=O)NCC2CCCO2)c(C)c1C(=O)NCC1CCOC1. The van der Waals surface area contributed by atoms with E-state index in [9.17, 15) is 9.59 Å². The van der Waals surface area contributed by atoms with Crippen molar-refractivity contribution in [3.8, 4) is 0 Å². The van der Waals surface area contributed by atoms with E-state index >= 15 is 0 Å². The minimum absolute atomic E-state index is 0.0939. The first-order valence-corrected chi connectivity index (χ1v) is 9.84. The van der Waals surface area contributed by atoms with Gasteiger partial charge in [0.15, 0.2) is 0 Å². The third kappa shape index (κ3) is 4.68. The van der Waals surface area contributed by atoms with E-state index < -0.39 is 0 Å². The molecule has 1 aromatic rings. The van der Waals surface area contributed by atoms with Crippen LogP contribution in [0.1, 0.15) is 56.7 Å². The van der Waals surface area contributed by atoms with Crippen LogP contribution in [0.25, 0.3) is 0 Å². The van der Waals surface area contributed by atoms with Gasteiger partial charge >= 0.3 is 0 Å². The highest BCUT2D eigenvalue weighted by Crippen LogP contribution is 2.23. The summed E-state index contributed by atoms with van der Waals surface area (Å²) in [5.41, 5.74) is 3.70. The highest BCUT2D eigenvalue weighted by atomic mass is 16.5. The minimum atomic E-state index is -0.140. The first-order chi connectivity index (χ1) is 13.0. The van der Waals surface area contributed by atoms with E-state index in [4.69, 9.17) is 9.47 Å². The molecule has 2 fully saturated rings. The molecule has 0 bridgehead atoms. The minimum Gasteiger partial charge on any atom is -0.381 e. The fourth-order valence-electron chi connectivity index (χ4n) is 4.05. The second kappa shape index (κ2) is 8.85. The molecular weight excluding hydrogens is 344 g/mol. The Hall–Kier alpha value is -1.92. The summed E-state index contributed by atoms with van der Waals surface area (Å²) in [5, 5.41) is 5.99. The molecule has 2 aliphatic rings. The lowest BCUT2D eigenvalue weighted by Gasteiger charge is -2.18. The first kappa shape index (κ1) is 19.8. The van der Waals surface area contributed by atoms with Gasteiger partial charge in [-0.25, -0.2) is 0 Å². The van der Waals surface area contributed by atoms with Crippen molar-refractivity contribution in [3.05, 3.63) is 33.9 Å². The van der Waals surface area contributed by atoms with Gasteiger partial charge in [0, 0.05) is 43.3 Å². The predicted octanol–water partition coefficient (Wildman–Crippen LogP) is 2.29. The number of ether oxygens (including phenoxy) is 2. The number of hydrogen-bond acceptors (Lipinski definition) is 4. The van der Waals surface area contributed by atoms with Crippen molar-refractivity contribution in [1.82, 2.24) is 10.6 Å². The van der Waals surface area contributed by atoms with Crippen LogP contribution in [0.4, 0.5) is 0 Å². The van der Waals surface area contributed by atoms with Gasteiger partial charge in [-0.1, -0.05) is 6.07 Å². The fraction of sp³-hybridized carbons (Fsp3) is 0.619. The Morgan fingerprint density at radius 2 is 1.67 bits per heavy atom. The Morgan fingerprint density at radius 3 is 2.22 bits per heavy atom. The van der Waals surface area contributed by atoms with Gasteiger partial charge in [0.05, 0.1) is 12.7 Å². The molecule has 6 nitrogen and oxygen atoms in total. The molecule has 2 N–H and O–H groups in total. The Kier molecular flexibility index (Phi) is 6.50. The second-order valence-electron chi connectivity index (χ2n) is 7.67. The van der Waals surface area contributed by atoms with E-state index in [-0.39, 0.29) is 17.9 Å². The van der Waals surface area contributed by atoms with E-state index in [1.54, 1.807) is 0 Å². The number of benzene rings is 1. The topological polar surface area (TPSA) is 76.7 Å². The average molecular weight is 374 g/mol. The van der Waals surface area contributed by atoms with E-state index in [1.807, 2.05) is 26.8 Å². The Bertz CT molecular complexity index is 648. The van der Waals surface area contributed by atoms with Crippen molar-refractivity contribution >= 4 is 11.8 Å². The molecule has 2 saturated heterocycles. The summed E-state index contributed by atoms with van der Waals surface area (Å²) in [4.78, 5) is 25.6. The summed E-state index contributed by atoms with van der Waals surface area (Å²) in [7, 11) is 0. The summed E-state index contributed by atoms with van der Waals surface area (Å²) >= 11 is 0. The van der Waals surface area contributed by atoms with Crippen LogP contribution in [0.3, 0.4) is 0 Å². The zero-order valence-corrected chi connectivity index (χ0v) is 16.5. The van der Waals surface area contributed by atoms with Crippen LogP contribution in [-0.4, -0.2) is 50.8 Å². The molecule has 148 valence electrons. The molecule has 2 unspecified atom stereocenters. The van der Waals surface area contributed by atoms with Crippen LogP contribution in [-0.2, 0) is 9.47 Å². The van der Waals surface area contributed by atoms with Gasteiger partial charge in [-0.3, -0.25) is 9.59 Å². The van der Waals surface area contributed by atoms with E-state index in [0.717, 1.165) is 49.2 Å². The average Bonchev–Trinajstić information content (AvgIpc) is 3.31. The van der Waals surface area contributed by atoms with E-state index in [2.05, 4.69) is 10.6 Å². The molecule has 0 aromatic heterocycles. The van der Waals surface area contributed by atoms with Crippen LogP contribution < -0.4 is 10.6 Å². The maximum Gasteiger partial charge on any atom is 0.251 e. The van der Waals surface area contributed by atoms with E-state index in [1.165, 1.54) is 0 Å². The van der Waals surface area contributed by atoms with Gasteiger partial charge in [0.25, 0.3) is 11.8 Å². The quantitative estimate of drug-likeness (QED) is 0.801. The predicted molar refractivity (Wildman–Crippen MR) is 103 cm³/mol. The molecule has 0 spiro atoms. The highest BCUT2D eigenvalue weighted by Gasteiger charge is 2.24. The summed E-state index contributed by atoms with van der Waals surface area (Å²) in [6.45, 7) is 9.02. The van der Waals surface area contributed by atoms with Gasteiger partial charge in [0.1, 0.15) is 0 Å². The summed E-state index contributed by atoms with van der Waals surface area (Å²) in [5.74, 6) is 0.109. The Labute approximate surface area is 161 Å². The van der Waals surface area contributed by atoms with Crippen LogP contribution in [0, 0.1) is 26.7 Å². The fourth-order valence-corrected chi connectivity index (χ4v) is 4.05. The number of hydrogen-bond donors (Lipinski definition) is 2. The number of amides is 2. The zero-order chi connectivity index (χ0) is 19.4. The molecule has 2 heterocycles. The molecule has 2 atom stereocenters. The van der Waals surface area contributed by atoms with Crippen molar-refractivity contribution in [2.75, 3.05) is 32.9 Å². The highest BCUT2D eigenvalue weighted by molar-refractivity contribution is 6.03. The molecule has 0 aliphatic carbocycles. The van der Waals surface area contributed by atoms with Crippen molar-refractivity contribution in [2.45, 2.75) is 46.1 Å². The molecule has 6 heteroatoms. The summed E-state index contributed by atoms with van der Waals surface area (Å²) < 4.78 is 10.9. The normalized spacial score (nSPS) is 22.0. The zero-order valence-electron chi connectivity index (χ0n) is 16.5. The van der Waals surface area contributed by atoms with Gasteiger partial charge in [-0.05, 0) is 56.7 Å². The lowest BCUT2D eigenvalue weighted by Crippen LogP contribution is -2.34. The second-order valence-corrected chi connectivity index (χ2v) is 7.67. The van der Waals surface area contributed by atoms with Crippen molar-refractivity contribution in [3.63, 3.8) is 0 Å². The molecule has 0 radical (unpaired) electrons. The lowest BCUT2D eigenvalue weighted by atomic mass is 9.92. The number of nitrogens with one attached hydrogen (secondary N) is 2. The van der Waals surface area contributed by atoms with Crippen LogP contribution in [0.5, 0.6) is 0 Å². The van der Waals surface area contributed by atoms with Crippen LogP contribution >= 0.6 is 0 Å². The number of aryl methyl sites for hydroxylation is 2. The largest absolute Gasteiger partial charge is 0.381 e. The molecule has 0 saturated carbocycles. The third-order valence-corrected chi connectivity index (χ3v) is 5.52. The first-order valence-electron chi connectivity index (χ1n) is 9.84. The third-order valence-electron chi connectivity index (χ3n) is 5.52. The Balaban J connectivity index is 1.72. The summed E-state index contributed by atoms with van der Waals surface area (Å²) in [6, 6.07) is 1.92. The van der Waals surface area contributed by atoms with Crippen molar-refractivity contribution < 1.29 is 19.1 Å². The molecular formula is C21H30N2O4. The maximum atomic E-state index is 12.8. The van der Waals surface area contributed by atoms with E-state index in [0.29, 0.717) is 36.7 Å². The van der Waals surface area contributed by atoms with Crippen LogP contribution in [0.2, 0.25) is 0 Å². The van der Waals surface area contributed by atoms with Gasteiger partial charge < -0.3 is 20.1 Å². The van der Waals surface area contributed by atoms with Gasteiger partial charge in [0.2, 0.25) is 0 Å². The molecule has 1 aromatic carbocycles. The number of carbonyl (C=O) groups excluding carboxylic acids is 2. The molecule has 3 rings (SSSR count). The summed E-state index contributed by atoms with van der Waals surface area (Å²) in [6.07, 6.45) is 3.09. The molecule has 2 amide bonds. The molecule has 27 heavy (non-hydrogen) atoms. The standard InChI is InChI=1S/C21H30N2O4/c1-13-9-14(2)19(21(25)23-11-17-5-4-7-27-17)15(3)18(13)20(24)22-10-16-6-8-26-12-16/h9,16-17H,4-8,10-12H2,1-3H3,(H,22,24)(H,23,25). The van der Waals surface area contributed by atoms with Crippen molar-refractivity contribution in [1.29, 1.82) is 0 Å².